The molecule has 0 aromatic heterocycles. The first-order valence-corrected chi connectivity index (χ1v) is 4.18. The maximum absolute atomic E-state index is 10.1. The molecule has 0 aromatic carbocycles. The van der Waals surface area contributed by atoms with E-state index in [0.29, 0.717) is 0 Å². The molecule has 1 aliphatic rings. The topological polar surface area (TPSA) is 37.3 Å². The van der Waals surface area contributed by atoms with Gasteiger partial charge in [0.15, 0.2) is 0 Å². The van der Waals surface area contributed by atoms with E-state index < -0.39 is 5.97 Å². The van der Waals surface area contributed by atoms with E-state index in [0.717, 1.165) is 12.3 Å². The third kappa shape index (κ3) is 3.21. The molecule has 0 saturated heterocycles. The van der Waals surface area contributed by atoms with Crippen LogP contribution in [0.5, 0.6) is 0 Å². The van der Waals surface area contributed by atoms with E-state index in [-0.39, 0.29) is 0 Å². The quantitative estimate of drug-likeness (QED) is 0.633. The van der Waals surface area contributed by atoms with Crippen molar-refractivity contribution >= 4 is 5.97 Å². The highest BCUT2D eigenvalue weighted by atomic mass is 16.4. The molecule has 0 unspecified atom stereocenters. The van der Waals surface area contributed by atoms with Crippen molar-refractivity contribution in [1.29, 1.82) is 0 Å². The van der Waals surface area contributed by atoms with Gasteiger partial charge in [-0.25, -0.2) is 4.79 Å². The lowest BCUT2D eigenvalue weighted by Crippen LogP contribution is -1.91. The lowest BCUT2D eigenvalue weighted by molar-refractivity contribution is -0.131. The number of carboxylic acid groups (broad SMARTS) is 1. The lowest BCUT2D eigenvalue weighted by Gasteiger charge is -2.01. The molecular formula is C9H14O2. The number of carboxylic acids is 1. The molecule has 2 heteroatoms. The predicted molar refractivity (Wildman–Crippen MR) is 43.4 cm³/mol. The summed E-state index contributed by atoms with van der Waals surface area (Å²) in [6.07, 6.45) is 9.19. The van der Waals surface area contributed by atoms with Crippen LogP contribution in [0.3, 0.4) is 0 Å². The molecule has 0 atom stereocenters. The first-order chi connectivity index (χ1) is 5.29. The fourth-order valence-corrected chi connectivity index (χ4v) is 1.61. The van der Waals surface area contributed by atoms with Crippen molar-refractivity contribution in [3.63, 3.8) is 0 Å². The van der Waals surface area contributed by atoms with Crippen LogP contribution in [0.4, 0.5) is 0 Å². The molecule has 0 aromatic rings. The van der Waals surface area contributed by atoms with Crippen LogP contribution in [0, 0.1) is 5.92 Å². The average molecular weight is 154 g/mol. The monoisotopic (exact) mass is 154 g/mol. The van der Waals surface area contributed by atoms with Crippen LogP contribution in [0.1, 0.15) is 32.1 Å². The normalized spacial score (nSPS) is 19.6. The Morgan fingerprint density at radius 1 is 1.45 bits per heavy atom. The van der Waals surface area contributed by atoms with E-state index >= 15 is 0 Å². The van der Waals surface area contributed by atoms with Crippen molar-refractivity contribution in [2.75, 3.05) is 0 Å². The lowest BCUT2D eigenvalue weighted by atomic mass is 10.0. The minimum atomic E-state index is -0.831. The third-order valence-electron chi connectivity index (χ3n) is 2.20. The average Bonchev–Trinajstić information content (AvgIpc) is 2.39. The fourth-order valence-electron chi connectivity index (χ4n) is 1.61. The van der Waals surface area contributed by atoms with Gasteiger partial charge in [0.2, 0.25) is 0 Å². The second kappa shape index (κ2) is 4.16. The van der Waals surface area contributed by atoms with Crippen LogP contribution < -0.4 is 0 Å². The molecule has 1 saturated carbocycles. The number of carbonyl (C=O) groups is 1. The SMILES string of the molecule is O=C(O)/C=C\CC1CCCC1. The highest BCUT2D eigenvalue weighted by Gasteiger charge is 2.12. The van der Waals surface area contributed by atoms with Crippen molar-refractivity contribution in [1.82, 2.24) is 0 Å². The number of rotatable bonds is 3. The molecule has 0 aliphatic heterocycles. The Morgan fingerprint density at radius 3 is 2.64 bits per heavy atom. The summed E-state index contributed by atoms with van der Waals surface area (Å²) in [6, 6.07) is 0. The van der Waals surface area contributed by atoms with Crippen LogP contribution in [-0.4, -0.2) is 11.1 Å². The Hall–Kier alpha value is -0.790. The Morgan fingerprint density at radius 2 is 2.09 bits per heavy atom. The molecule has 1 fully saturated rings. The molecule has 62 valence electrons. The maximum Gasteiger partial charge on any atom is 0.327 e. The van der Waals surface area contributed by atoms with E-state index in [1.807, 2.05) is 0 Å². The summed E-state index contributed by atoms with van der Waals surface area (Å²) in [7, 11) is 0. The Kier molecular flexibility index (Phi) is 3.14. The van der Waals surface area contributed by atoms with E-state index in [9.17, 15) is 4.79 Å². The van der Waals surface area contributed by atoms with E-state index in [4.69, 9.17) is 5.11 Å². The fraction of sp³-hybridized carbons (Fsp3) is 0.667. The summed E-state index contributed by atoms with van der Waals surface area (Å²) >= 11 is 0. The van der Waals surface area contributed by atoms with Crippen LogP contribution >= 0.6 is 0 Å². The summed E-state index contributed by atoms with van der Waals surface area (Å²) < 4.78 is 0. The zero-order chi connectivity index (χ0) is 8.10. The number of allylic oxidation sites excluding steroid dienone is 1. The minimum Gasteiger partial charge on any atom is -0.478 e. The standard InChI is InChI=1S/C9H14O2/c10-9(11)7-3-6-8-4-1-2-5-8/h3,7-8H,1-2,4-6H2,(H,10,11)/b7-3-. The van der Waals surface area contributed by atoms with Gasteiger partial charge in [-0.15, -0.1) is 0 Å². The van der Waals surface area contributed by atoms with Crippen LogP contribution in [-0.2, 0) is 4.79 Å². The van der Waals surface area contributed by atoms with E-state index in [1.54, 1.807) is 6.08 Å². The largest absolute Gasteiger partial charge is 0.478 e. The molecule has 1 N–H and O–H groups in total. The summed E-state index contributed by atoms with van der Waals surface area (Å²) in [5.41, 5.74) is 0. The van der Waals surface area contributed by atoms with Gasteiger partial charge in [-0.3, -0.25) is 0 Å². The summed E-state index contributed by atoms with van der Waals surface area (Å²) in [6.45, 7) is 0. The predicted octanol–water partition coefficient (Wildman–Crippen LogP) is 2.21. The highest BCUT2D eigenvalue weighted by Crippen LogP contribution is 2.27. The minimum absolute atomic E-state index is 0.755. The van der Waals surface area contributed by atoms with Gasteiger partial charge in [0.05, 0.1) is 0 Å². The van der Waals surface area contributed by atoms with Crippen molar-refractivity contribution in [2.45, 2.75) is 32.1 Å². The molecule has 1 rings (SSSR count). The Labute approximate surface area is 66.9 Å². The molecule has 0 amide bonds. The van der Waals surface area contributed by atoms with E-state index in [2.05, 4.69) is 0 Å². The van der Waals surface area contributed by atoms with Crippen LogP contribution in [0.25, 0.3) is 0 Å². The molecule has 0 heterocycles. The molecule has 11 heavy (non-hydrogen) atoms. The summed E-state index contributed by atoms with van der Waals surface area (Å²) in [5, 5.41) is 8.30. The number of hydrogen-bond donors (Lipinski definition) is 1. The zero-order valence-electron chi connectivity index (χ0n) is 6.62. The van der Waals surface area contributed by atoms with Gasteiger partial charge >= 0.3 is 5.97 Å². The van der Waals surface area contributed by atoms with Gasteiger partial charge in [-0.05, 0) is 12.3 Å². The summed E-state index contributed by atoms with van der Waals surface area (Å²) in [5.74, 6) is -0.0754. The molecular weight excluding hydrogens is 140 g/mol. The first kappa shape index (κ1) is 8.31. The van der Waals surface area contributed by atoms with Crippen LogP contribution in [0.15, 0.2) is 12.2 Å². The van der Waals surface area contributed by atoms with Crippen molar-refractivity contribution < 1.29 is 9.90 Å². The first-order valence-electron chi connectivity index (χ1n) is 4.18. The maximum atomic E-state index is 10.1. The molecule has 0 bridgehead atoms. The van der Waals surface area contributed by atoms with Gasteiger partial charge < -0.3 is 5.11 Å². The number of hydrogen-bond acceptors (Lipinski definition) is 1. The Balaban J connectivity index is 2.15. The second-order valence-corrected chi connectivity index (χ2v) is 3.13. The van der Waals surface area contributed by atoms with Crippen LogP contribution in [0.2, 0.25) is 0 Å². The zero-order valence-corrected chi connectivity index (χ0v) is 6.62. The third-order valence-corrected chi connectivity index (χ3v) is 2.20. The smallest absolute Gasteiger partial charge is 0.327 e. The van der Waals surface area contributed by atoms with Gasteiger partial charge in [-0.2, -0.15) is 0 Å². The molecule has 1 aliphatic carbocycles. The summed E-state index contributed by atoms with van der Waals surface area (Å²) in [4.78, 5) is 10.1. The van der Waals surface area contributed by atoms with Gasteiger partial charge in [0, 0.05) is 6.08 Å². The molecule has 0 radical (unpaired) electrons. The van der Waals surface area contributed by atoms with Gasteiger partial charge in [0.1, 0.15) is 0 Å². The van der Waals surface area contributed by atoms with E-state index in [1.165, 1.54) is 31.8 Å². The molecule has 0 spiro atoms. The Bertz CT molecular complexity index is 155. The second-order valence-electron chi connectivity index (χ2n) is 3.13. The van der Waals surface area contributed by atoms with Crippen molar-refractivity contribution in [3.05, 3.63) is 12.2 Å². The van der Waals surface area contributed by atoms with Gasteiger partial charge in [-0.1, -0.05) is 31.8 Å². The van der Waals surface area contributed by atoms with Gasteiger partial charge in [0.25, 0.3) is 0 Å². The molecule has 2 nitrogen and oxygen atoms in total. The van der Waals surface area contributed by atoms with Crippen molar-refractivity contribution in [3.8, 4) is 0 Å². The number of aliphatic carboxylic acids is 1. The van der Waals surface area contributed by atoms with Crippen molar-refractivity contribution in [2.24, 2.45) is 5.92 Å². The highest BCUT2D eigenvalue weighted by molar-refractivity contribution is 5.79.